The summed E-state index contributed by atoms with van der Waals surface area (Å²) in [6.45, 7) is 0. The molecule has 1 nitrogen and oxygen atoms in total. The Hall–Kier alpha value is -1.56. The Morgan fingerprint density at radius 3 is 1.20 bits per heavy atom. The molecule has 0 aliphatic rings. The minimum atomic E-state index is -2.23. The highest BCUT2D eigenvalue weighted by molar-refractivity contribution is 14.1. The SMILES string of the molecule is O=C(c1ccccc1)C(I)[P+](c1ccccc1)(c1ccccc1)c1ccccc1.[I-]. The fourth-order valence-corrected chi connectivity index (χ4v) is 11.1. The lowest BCUT2D eigenvalue weighted by atomic mass is 10.2. The van der Waals surface area contributed by atoms with Crippen LogP contribution in [0.1, 0.15) is 10.4 Å². The van der Waals surface area contributed by atoms with Crippen molar-refractivity contribution in [1.29, 1.82) is 0 Å². The van der Waals surface area contributed by atoms with Crippen LogP contribution in [0, 0.1) is 0 Å². The first kappa shape index (κ1) is 23.1. The zero-order chi connectivity index (χ0) is 20.1. The van der Waals surface area contributed by atoms with Crippen molar-refractivity contribution in [2.75, 3.05) is 0 Å². The summed E-state index contributed by atoms with van der Waals surface area (Å²) in [5, 5.41) is 3.67. The molecule has 1 atom stereocenters. The first-order valence-electron chi connectivity index (χ1n) is 9.53. The van der Waals surface area contributed by atoms with Crippen LogP contribution >= 0.6 is 29.9 Å². The number of hydrogen-bond donors (Lipinski definition) is 0. The molecule has 150 valence electrons. The Bertz CT molecular complexity index is 974. The number of ketones is 1. The molecule has 0 bridgehead atoms. The third-order valence-corrected chi connectivity index (χ3v) is 12.4. The predicted octanol–water partition coefficient (Wildman–Crippen LogP) is 2.63. The maximum Gasteiger partial charge on any atom is 0.214 e. The fourth-order valence-electron chi connectivity index (χ4n) is 3.75. The quantitative estimate of drug-likeness (QED) is 0.138. The first-order valence-corrected chi connectivity index (χ1v) is 12.6. The molecule has 0 fully saturated rings. The van der Waals surface area contributed by atoms with Crippen molar-refractivity contribution >= 4 is 51.6 Å². The van der Waals surface area contributed by atoms with Gasteiger partial charge in [-0.3, -0.25) is 4.79 Å². The van der Waals surface area contributed by atoms with E-state index in [4.69, 9.17) is 0 Å². The van der Waals surface area contributed by atoms with Crippen LogP contribution in [-0.2, 0) is 0 Å². The average molecular weight is 634 g/mol. The second-order valence-electron chi connectivity index (χ2n) is 6.80. The Morgan fingerprint density at radius 1 is 0.567 bits per heavy atom. The van der Waals surface area contributed by atoms with E-state index in [1.165, 1.54) is 15.9 Å². The number of carbonyl (C=O) groups excluding carboxylic acids is 1. The van der Waals surface area contributed by atoms with E-state index in [9.17, 15) is 4.79 Å². The summed E-state index contributed by atoms with van der Waals surface area (Å²) in [6, 6.07) is 41.3. The van der Waals surface area contributed by atoms with Gasteiger partial charge in [0.15, 0.2) is 3.67 Å². The second-order valence-corrected chi connectivity index (χ2v) is 12.5. The van der Waals surface area contributed by atoms with Crippen molar-refractivity contribution in [2.24, 2.45) is 0 Å². The molecule has 0 amide bonds. The highest BCUT2D eigenvalue weighted by Crippen LogP contribution is 2.62. The van der Waals surface area contributed by atoms with E-state index in [2.05, 4.69) is 95.4 Å². The lowest BCUT2D eigenvalue weighted by molar-refractivity contribution is -0.0000132. The number of alkyl halides is 1. The van der Waals surface area contributed by atoms with Gasteiger partial charge >= 0.3 is 0 Å². The van der Waals surface area contributed by atoms with E-state index >= 15 is 0 Å². The maximum absolute atomic E-state index is 13.7. The maximum atomic E-state index is 13.7. The minimum absolute atomic E-state index is 0. The molecule has 0 spiro atoms. The molecule has 4 aromatic carbocycles. The van der Waals surface area contributed by atoms with Gasteiger partial charge in [-0.05, 0) is 59.0 Å². The molecule has 0 aliphatic carbocycles. The van der Waals surface area contributed by atoms with E-state index < -0.39 is 7.26 Å². The topological polar surface area (TPSA) is 17.1 Å². The minimum Gasteiger partial charge on any atom is -1.00 e. The van der Waals surface area contributed by atoms with Crippen LogP contribution in [0.4, 0.5) is 0 Å². The molecule has 4 heteroatoms. The van der Waals surface area contributed by atoms with Gasteiger partial charge in [-0.2, -0.15) is 0 Å². The fraction of sp³-hybridized carbons (Fsp3) is 0.0385. The smallest absolute Gasteiger partial charge is 0.214 e. The standard InChI is InChI=1S/C26H21IOP.HI/c27-26(25(28)21-13-5-1-6-14-21)29(22-15-7-2-8-16-22,23-17-9-3-10-18-23)24-19-11-4-12-20-24;/h1-20,26H;1H/q+1;/p-1. The third kappa shape index (κ3) is 4.39. The Balaban J connectivity index is 0.00000256. The molecule has 0 saturated carbocycles. The van der Waals surface area contributed by atoms with Crippen molar-refractivity contribution < 1.29 is 28.8 Å². The number of hydrogen-bond acceptors (Lipinski definition) is 1. The highest BCUT2D eigenvalue weighted by atomic mass is 127. The molecule has 4 aromatic rings. The van der Waals surface area contributed by atoms with Crippen molar-refractivity contribution in [1.82, 2.24) is 0 Å². The van der Waals surface area contributed by atoms with Crippen LogP contribution in [0.25, 0.3) is 0 Å². The number of Topliss-reactive ketones (excluding diaryl/α,β-unsaturated/α-hetero) is 1. The zero-order valence-electron chi connectivity index (χ0n) is 16.2. The summed E-state index contributed by atoms with van der Waals surface area (Å²) in [4.78, 5) is 13.7. The van der Waals surface area contributed by atoms with E-state index in [0.29, 0.717) is 0 Å². The molecule has 0 saturated heterocycles. The van der Waals surface area contributed by atoms with E-state index in [1.807, 2.05) is 48.5 Å². The molecule has 30 heavy (non-hydrogen) atoms. The van der Waals surface area contributed by atoms with E-state index in [-0.39, 0.29) is 33.4 Å². The molecular weight excluding hydrogens is 613 g/mol. The van der Waals surface area contributed by atoms with Crippen molar-refractivity contribution in [2.45, 2.75) is 3.67 Å². The lowest BCUT2D eigenvalue weighted by Gasteiger charge is -2.31. The summed E-state index contributed by atoms with van der Waals surface area (Å²) in [7, 11) is -2.23. The van der Waals surface area contributed by atoms with Crippen LogP contribution in [0.5, 0.6) is 0 Å². The van der Waals surface area contributed by atoms with Gasteiger partial charge in [0.1, 0.15) is 23.2 Å². The van der Waals surface area contributed by atoms with Gasteiger partial charge in [-0.15, -0.1) is 0 Å². The van der Waals surface area contributed by atoms with Crippen LogP contribution in [0.15, 0.2) is 121 Å². The second kappa shape index (κ2) is 10.7. The summed E-state index contributed by atoms with van der Waals surface area (Å²) in [5.74, 6) is 0.177. The van der Waals surface area contributed by atoms with Crippen LogP contribution < -0.4 is 39.9 Å². The number of halogens is 2. The third-order valence-electron chi connectivity index (χ3n) is 5.11. The molecule has 0 heterocycles. The van der Waals surface area contributed by atoms with Crippen molar-refractivity contribution in [3.05, 3.63) is 127 Å². The van der Waals surface area contributed by atoms with E-state index in [1.54, 1.807) is 0 Å². The van der Waals surface area contributed by atoms with Gasteiger partial charge in [0, 0.05) is 5.56 Å². The van der Waals surface area contributed by atoms with Gasteiger partial charge in [0.05, 0.1) is 0 Å². The summed E-state index contributed by atoms with van der Waals surface area (Å²) in [5.41, 5.74) is 0.763. The number of carbonyl (C=O) groups is 1. The molecule has 0 aromatic heterocycles. The molecule has 0 radical (unpaired) electrons. The van der Waals surface area contributed by atoms with Gasteiger partial charge in [0.25, 0.3) is 0 Å². The van der Waals surface area contributed by atoms with E-state index in [0.717, 1.165) is 5.56 Å². The van der Waals surface area contributed by atoms with Crippen molar-refractivity contribution in [3.8, 4) is 0 Å². The largest absolute Gasteiger partial charge is 1.00 e. The van der Waals surface area contributed by atoms with Gasteiger partial charge in [0.2, 0.25) is 5.78 Å². The molecule has 1 unspecified atom stereocenters. The monoisotopic (exact) mass is 634 g/mol. The average Bonchev–Trinajstić information content (AvgIpc) is 2.82. The number of benzene rings is 4. The molecule has 0 N–H and O–H groups in total. The molecule has 4 rings (SSSR count). The Kier molecular flexibility index (Phi) is 8.20. The normalized spacial score (nSPS) is 11.9. The number of rotatable bonds is 6. The predicted molar refractivity (Wildman–Crippen MR) is 134 cm³/mol. The van der Waals surface area contributed by atoms with Gasteiger partial charge < -0.3 is 24.0 Å². The van der Waals surface area contributed by atoms with Crippen LogP contribution in [0.3, 0.4) is 0 Å². The first-order chi connectivity index (χ1) is 14.2. The van der Waals surface area contributed by atoms with Gasteiger partial charge in [-0.1, -0.05) is 84.9 Å². The lowest BCUT2D eigenvalue weighted by Crippen LogP contribution is -3.00. The summed E-state index contributed by atoms with van der Waals surface area (Å²) >= 11 is 2.40. The van der Waals surface area contributed by atoms with Crippen molar-refractivity contribution in [3.63, 3.8) is 0 Å². The summed E-state index contributed by atoms with van der Waals surface area (Å²) < 4.78 is -0.213. The Labute approximate surface area is 209 Å². The Morgan fingerprint density at radius 2 is 0.867 bits per heavy atom. The molecular formula is C26H21I2OP. The highest BCUT2D eigenvalue weighted by Gasteiger charge is 2.54. The van der Waals surface area contributed by atoms with Gasteiger partial charge in [-0.25, -0.2) is 0 Å². The molecule has 0 aliphatic heterocycles. The zero-order valence-corrected chi connectivity index (χ0v) is 21.4. The van der Waals surface area contributed by atoms with Crippen LogP contribution in [-0.4, -0.2) is 9.45 Å². The summed E-state index contributed by atoms with van der Waals surface area (Å²) in [6.07, 6.45) is 0. The van der Waals surface area contributed by atoms with Crippen LogP contribution in [0.2, 0.25) is 0 Å².